The highest BCUT2D eigenvalue weighted by molar-refractivity contribution is 7.89. The minimum Gasteiger partial charge on any atom is -0.299 e. The SMILES string of the molecule is O=S1(=O)CCCN1C1CCN(Cc2ccccc2)CC1. The first kappa shape index (κ1) is 14.0. The Labute approximate surface area is 121 Å². The first-order chi connectivity index (χ1) is 9.65. The molecule has 0 saturated carbocycles. The van der Waals surface area contributed by atoms with Crippen molar-refractivity contribution in [3.05, 3.63) is 35.9 Å². The number of sulfonamides is 1. The summed E-state index contributed by atoms with van der Waals surface area (Å²) in [5, 5.41) is 0. The van der Waals surface area contributed by atoms with E-state index in [1.54, 1.807) is 4.31 Å². The molecule has 0 spiro atoms. The van der Waals surface area contributed by atoms with Crippen LogP contribution >= 0.6 is 0 Å². The summed E-state index contributed by atoms with van der Waals surface area (Å²) in [7, 11) is -2.95. The summed E-state index contributed by atoms with van der Waals surface area (Å²) in [5.74, 6) is 0.344. The summed E-state index contributed by atoms with van der Waals surface area (Å²) in [6, 6.07) is 10.7. The molecule has 2 fully saturated rings. The first-order valence-corrected chi connectivity index (χ1v) is 9.02. The zero-order chi connectivity index (χ0) is 14.0. The highest BCUT2D eigenvalue weighted by atomic mass is 32.2. The van der Waals surface area contributed by atoms with Crippen LogP contribution in [0.2, 0.25) is 0 Å². The summed E-state index contributed by atoms with van der Waals surface area (Å²) in [5.41, 5.74) is 1.33. The van der Waals surface area contributed by atoms with Gasteiger partial charge in [0.25, 0.3) is 0 Å². The van der Waals surface area contributed by atoms with E-state index in [4.69, 9.17) is 0 Å². The van der Waals surface area contributed by atoms with E-state index in [1.165, 1.54) is 5.56 Å². The van der Waals surface area contributed by atoms with Gasteiger partial charge in [0.2, 0.25) is 10.0 Å². The van der Waals surface area contributed by atoms with Crippen LogP contribution in [0.4, 0.5) is 0 Å². The molecule has 2 saturated heterocycles. The van der Waals surface area contributed by atoms with Gasteiger partial charge in [0.05, 0.1) is 5.75 Å². The lowest BCUT2D eigenvalue weighted by atomic mass is 10.0. The summed E-state index contributed by atoms with van der Waals surface area (Å²) in [4.78, 5) is 2.43. The molecule has 0 aromatic heterocycles. The van der Waals surface area contributed by atoms with Gasteiger partial charge in [0.15, 0.2) is 0 Å². The van der Waals surface area contributed by atoms with Gasteiger partial charge in [-0.3, -0.25) is 4.90 Å². The van der Waals surface area contributed by atoms with Crippen LogP contribution in [-0.4, -0.2) is 49.1 Å². The van der Waals surface area contributed by atoms with Crippen LogP contribution < -0.4 is 0 Å². The Balaban J connectivity index is 1.55. The molecule has 0 unspecified atom stereocenters. The fourth-order valence-electron chi connectivity index (χ4n) is 3.28. The molecule has 5 heteroatoms. The second kappa shape index (κ2) is 5.84. The molecule has 2 heterocycles. The van der Waals surface area contributed by atoms with Gasteiger partial charge >= 0.3 is 0 Å². The molecule has 0 aliphatic carbocycles. The van der Waals surface area contributed by atoms with Gasteiger partial charge in [-0.25, -0.2) is 8.42 Å². The Morgan fingerprint density at radius 2 is 1.75 bits per heavy atom. The molecular weight excluding hydrogens is 272 g/mol. The van der Waals surface area contributed by atoms with E-state index in [1.807, 2.05) is 6.07 Å². The van der Waals surface area contributed by atoms with E-state index >= 15 is 0 Å². The lowest BCUT2D eigenvalue weighted by molar-refractivity contribution is 0.157. The fourth-order valence-corrected chi connectivity index (χ4v) is 5.08. The zero-order valence-electron chi connectivity index (χ0n) is 11.7. The maximum Gasteiger partial charge on any atom is 0.214 e. The average Bonchev–Trinajstić information content (AvgIpc) is 2.80. The molecule has 110 valence electrons. The molecule has 3 rings (SSSR count). The van der Waals surface area contributed by atoms with Crippen LogP contribution in [0.25, 0.3) is 0 Å². The molecule has 4 nitrogen and oxygen atoms in total. The second-order valence-electron chi connectivity index (χ2n) is 5.77. The fraction of sp³-hybridized carbons (Fsp3) is 0.600. The molecule has 0 amide bonds. The molecule has 0 N–H and O–H groups in total. The monoisotopic (exact) mass is 294 g/mol. The van der Waals surface area contributed by atoms with Crippen molar-refractivity contribution in [3.63, 3.8) is 0 Å². The van der Waals surface area contributed by atoms with Gasteiger partial charge in [-0.1, -0.05) is 30.3 Å². The predicted molar refractivity (Wildman–Crippen MR) is 79.9 cm³/mol. The summed E-state index contributed by atoms with van der Waals surface area (Å²) >= 11 is 0. The summed E-state index contributed by atoms with van der Waals surface area (Å²) in [6.45, 7) is 3.68. The van der Waals surface area contributed by atoms with Crippen molar-refractivity contribution in [3.8, 4) is 0 Å². The summed E-state index contributed by atoms with van der Waals surface area (Å²) < 4.78 is 25.6. The van der Waals surface area contributed by atoms with Crippen molar-refractivity contribution in [1.82, 2.24) is 9.21 Å². The van der Waals surface area contributed by atoms with Crippen molar-refractivity contribution in [2.75, 3.05) is 25.4 Å². The van der Waals surface area contributed by atoms with Crippen molar-refractivity contribution in [2.45, 2.75) is 31.8 Å². The lowest BCUT2D eigenvalue weighted by Crippen LogP contribution is -2.45. The number of piperidine rings is 1. The van der Waals surface area contributed by atoms with E-state index in [2.05, 4.69) is 29.2 Å². The molecule has 0 radical (unpaired) electrons. The molecule has 1 aromatic rings. The Bertz CT molecular complexity index is 536. The quantitative estimate of drug-likeness (QED) is 0.852. The Kier molecular flexibility index (Phi) is 4.10. The third kappa shape index (κ3) is 3.05. The smallest absolute Gasteiger partial charge is 0.214 e. The molecule has 20 heavy (non-hydrogen) atoms. The summed E-state index contributed by atoms with van der Waals surface area (Å²) in [6.07, 6.45) is 2.73. The normalized spacial score (nSPS) is 25.0. The number of hydrogen-bond acceptors (Lipinski definition) is 3. The Morgan fingerprint density at radius 1 is 1.05 bits per heavy atom. The van der Waals surface area contributed by atoms with Crippen molar-refractivity contribution >= 4 is 10.0 Å². The van der Waals surface area contributed by atoms with Crippen LogP contribution in [0.3, 0.4) is 0 Å². The third-order valence-corrected chi connectivity index (χ3v) is 6.35. The third-order valence-electron chi connectivity index (χ3n) is 4.35. The van der Waals surface area contributed by atoms with Crippen molar-refractivity contribution < 1.29 is 8.42 Å². The van der Waals surface area contributed by atoms with Gasteiger partial charge in [0.1, 0.15) is 0 Å². The van der Waals surface area contributed by atoms with Crippen LogP contribution in [-0.2, 0) is 16.6 Å². The average molecular weight is 294 g/mol. The maximum atomic E-state index is 11.9. The number of likely N-dealkylation sites (tertiary alicyclic amines) is 1. The molecule has 0 bridgehead atoms. The minimum atomic E-state index is -2.95. The molecule has 0 atom stereocenters. The number of benzene rings is 1. The molecule has 1 aromatic carbocycles. The van der Waals surface area contributed by atoms with E-state index in [9.17, 15) is 8.42 Å². The number of nitrogens with zero attached hydrogens (tertiary/aromatic N) is 2. The second-order valence-corrected chi connectivity index (χ2v) is 7.81. The number of hydrogen-bond donors (Lipinski definition) is 0. The molecule has 2 aliphatic rings. The van der Waals surface area contributed by atoms with Gasteiger partial charge in [-0.2, -0.15) is 4.31 Å². The van der Waals surface area contributed by atoms with Crippen LogP contribution in [0.5, 0.6) is 0 Å². The topological polar surface area (TPSA) is 40.6 Å². The van der Waals surface area contributed by atoms with Crippen molar-refractivity contribution in [2.24, 2.45) is 0 Å². The van der Waals surface area contributed by atoms with E-state index in [0.29, 0.717) is 5.75 Å². The molecule has 2 aliphatic heterocycles. The van der Waals surface area contributed by atoms with Crippen LogP contribution in [0, 0.1) is 0 Å². The number of rotatable bonds is 3. The first-order valence-electron chi connectivity index (χ1n) is 7.41. The van der Waals surface area contributed by atoms with E-state index in [-0.39, 0.29) is 6.04 Å². The predicted octanol–water partition coefficient (Wildman–Crippen LogP) is 1.69. The Hall–Kier alpha value is -0.910. The van der Waals surface area contributed by atoms with Crippen LogP contribution in [0.15, 0.2) is 30.3 Å². The highest BCUT2D eigenvalue weighted by Gasteiger charge is 2.35. The zero-order valence-corrected chi connectivity index (χ0v) is 12.6. The highest BCUT2D eigenvalue weighted by Crippen LogP contribution is 2.25. The largest absolute Gasteiger partial charge is 0.299 e. The van der Waals surface area contributed by atoms with Gasteiger partial charge in [-0.05, 0) is 24.8 Å². The van der Waals surface area contributed by atoms with E-state index < -0.39 is 10.0 Å². The maximum absolute atomic E-state index is 11.9. The van der Waals surface area contributed by atoms with Crippen molar-refractivity contribution in [1.29, 1.82) is 0 Å². The Morgan fingerprint density at radius 3 is 2.35 bits per heavy atom. The van der Waals surface area contributed by atoms with Gasteiger partial charge in [0, 0.05) is 32.2 Å². The minimum absolute atomic E-state index is 0.231. The van der Waals surface area contributed by atoms with E-state index in [0.717, 1.165) is 45.4 Å². The van der Waals surface area contributed by atoms with Gasteiger partial charge < -0.3 is 0 Å². The van der Waals surface area contributed by atoms with Gasteiger partial charge in [-0.15, -0.1) is 0 Å². The van der Waals surface area contributed by atoms with Crippen LogP contribution in [0.1, 0.15) is 24.8 Å². The molecular formula is C15H22N2O2S. The lowest BCUT2D eigenvalue weighted by Gasteiger charge is -2.35. The standard InChI is InChI=1S/C15H22N2O2S/c18-20(19)12-4-9-17(20)15-7-10-16(11-8-15)13-14-5-2-1-3-6-14/h1-3,5-6,15H,4,7-13H2.